The van der Waals surface area contributed by atoms with Gasteiger partial charge in [-0.05, 0) is 44.7 Å². The lowest BCUT2D eigenvalue weighted by Gasteiger charge is -2.36. The molecular weight excluding hydrogens is 378 g/mol. The van der Waals surface area contributed by atoms with Crippen LogP contribution in [0, 0.1) is 0 Å². The molecule has 1 saturated heterocycles. The second-order valence-corrected chi connectivity index (χ2v) is 8.08. The van der Waals surface area contributed by atoms with E-state index in [0.717, 1.165) is 25.8 Å². The molecule has 1 aliphatic heterocycles. The topological polar surface area (TPSA) is 77.7 Å². The van der Waals surface area contributed by atoms with Crippen molar-refractivity contribution in [1.29, 1.82) is 0 Å². The Morgan fingerprint density at radius 3 is 2.86 bits per heavy atom. The molecule has 0 aliphatic carbocycles. The fraction of sp³-hybridized carbons (Fsp3) is 0.550. The van der Waals surface area contributed by atoms with Crippen LogP contribution in [0.3, 0.4) is 0 Å². The fourth-order valence-corrected chi connectivity index (χ4v) is 4.25. The number of amides is 1. The summed E-state index contributed by atoms with van der Waals surface area (Å²) in [5.41, 5.74) is 0.684. The van der Waals surface area contributed by atoms with Crippen molar-refractivity contribution < 1.29 is 18.7 Å². The van der Waals surface area contributed by atoms with Crippen molar-refractivity contribution in [3.8, 4) is 23.0 Å². The molecule has 0 saturated carbocycles. The summed E-state index contributed by atoms with van der Waals surface area (Å²) < 4.78 is 16.4. The molecule has 0 spiro atoms. The van der Waals surface area contributed by atoms with E-state index in [4.69, 9.17) is 13.9 Å². The van der Waals surface area contributed by atoms with Gasteiger partial charge in [0.15, 0.2) is 0 Å². The number of carbonyl (C=O) groups excluding carboxylic acids is 1. The average molecular weight is 406 g/mol. The van der Waals surface area contributed by atoms with E-state index >= 15 is 0 Å². The Labute approximate surface area is 169 Å². The van der Waals surface area contributed by atoms with Crippen LogP contribution >= 0.6 is 11.8 Å². The zero-order valence-corrected chi connectivity index (χ0v) is 17.6. The molecule has 7 nitrogen and oxygen atoms in total. The molecule has 0 N–H and O–H groups in total. The van der Waals surface area contributed by atoms with Gasteiger partial charge in [0, 0.05) is 18.7 Å². The van der Waals surface area contributed by atoms with E-state index in [9.17, 15) is 4.79 Å². The van der Waals surface area contributed by atoms with Gasteiger partial charge in [-0.15, -0.1) is 10.2 Å². The summed E-state index contributed by atoms with van der Waals surface area (Å²) in [5.74, 6) is 1.76. The van der Waals surface area contributed by atoms with E-state index in [1.54, 1.807) is 20.3 Å². The van der Waals surface area contributed by atoms with Crippen molar-refractivity contribution in [1.82, 2.24) is 15.1 Å². The number of methoxy groups -OCH3 is 2. The van der Waals surface area contributed by atoms with E-state index in [2.05, 4.69) is 17.1 Å². The van der Waals surface area contributed by atoms with Crippen molar-refractivity contribution in [3.63, 3.8) is 0 Å². The van der Waals surface area contributed by atoms with Crippen LogP contribution in [0.4, 0.5) is 0 Å². The number of piperidine rings is 1. The lowest BCUT2D eigenvalue weighted by atomic mass is 10.00. The molecular formula is C20H27N3O4S. The molecule has 1 aromatic carbocycles. The normalized spacial score (nSPS) is 18.0. The van der Waals surface area contributed by atoms with Crippen molar-refractivity contribution in [2.45, 2.75) is 56.0 Å². The number of benzene rings is 1. The number of ether oxygens (including phenoxy) is 2. The number of nitrogens with zero attached hydrogens (tertiary/aromatic N) is 3. The van der Waals surface area contributed by atoms with E-state index in [1.807, 2.05) is 24.0 Å². The van der Waals surface area contributed by atoms with Gasteiger partial charge < -0.3 is 18.8 Å². The second kappa shape index (κ2) is 9.32. The highest BCUT2D eigenvalue weighted by molar-refractivity contribution is 8.00. The maximum Gasteiger partial charge on any atom is 0.277 e. The first-order valence-electron chi connectivity index (χ1n) is 9.60. The number of aromatic nitrogens is 2. The van der Waals surface area contributed by atoms with Crippen LogP contribution in [-0.4, -0.2) is 53.1 Å². The predicted octanol–water partition coefficient (Wildman–Crippen LogP) is 4.03. The number of thioether (sulfide) groups is 1. The van der Waals surface area contributed by atoms with Crippen LogP contribution in [0.25, 0.3) is 11.5 Å². The summed E-state index contributed by atoms with van der Waals surface area (Å²) in [5, 5.41) is 8.32. The molecule has 3 rings (SSSR count). The fourth-order valence-electron chi connectivity index (χ4n) is 3.49. The van der Waals surface area contributed by atoms with Gasteiger partial charge in [-0.25, -0.2) is 0 Å². The van der Waals surface area contributed by atoms with Crippen LogP contribution in [-0.2, 0) is 4.79 Å². The molecule has 0 bridgehead atoms. The van der Waals surface area contributed by atoms with Gasteiger partial charge in [0.25, 0.3) is 11.1 Å². The number of carbonyl (C=O) groups is 1. The molecule has 28 heavy (non-hydrogen) atoms. The van der Waals surface area contributed by atoms with Gasteiger partial charge in [0.2, 0.25) is 5.91 Å². The number of hydrogen-bond acceptors (Lipinski definition) is 7. The third kappa shape index (κ3) is 4.43. The van der Waals surface area contributed by atoms with Crippen LogP contribution in [0.2, 0.25) is 0 Å². The number of likely N-dealkylation sites (tertiary alicyclic amines) is 1. The maximum atomic E-state index is 12.9. The Balaban J connectivity index is 1.71. The summed E-state index contributed by atoms with van der Waals surface area (Å²) in [6.45, 7) is 4.87. The van der Waals surface area contributed by atoms with Crippen molar-refractivity contribution >= 4 is 17.7 Å². The second-order valence-electron chi connectivity index (χ2n) is 6.79. The van der Waals surface area contributed by atoms with Crippen LogP contribution in [0.15, 0.2) is 27.8 Å². The summed E-state index contributed by atoms with van der Waals surface area (Å²) in [4.78, 5) is 14.9. The minimum Gasteiger partial charge on any atom is -0.497 e. The standard InChI is InChI=1S/C20H27N3O4S/c1-5-14-8-6-7-11-23(14)19(24)13(2)28-20-22-21-18(27-20)16-10-9-15(25-3)12-17(16)26-4/h9-10,12-14H,5-8,11H2,1-4H3/t13-,14+/m0/s1. The third-order valence-electron chi connectivity index (χ3n) is 5.05. The van der Waals surface area contributed by atoms with Gasteiger partial charge in [0.1, 0.15) is 11.5 Å². The number of rotatable bonds is 7. The van der Waals surface area contributed by atoms with Gasteiger partial charge in [-0.3, -0.25) is 4.79 Å². The molecule has 2 heterocycles. The van der Waals surface area contributed by atoms with E-state index in [-0.39, 0.29) is 11.2 Å². The molecule has 1 aliphatic rings. The van der Waals surface area contributed by atoms with Crippen LogP contribution < -0.4 is 9.47 Å². The molecule has 0 radical (unpaired) electrons. The summed E-state index contributed by atoms with van der Waals surface area (Å²) in [6.07, 6.45) is 4.34. The Morgan fingerprint density at radius 2 is 2.14 bits per heavy atom. The Morgan fingerprint density at radius 1 is 1.32 bits per heavy atom. The van der Waals surface area contributed by atoms with Gasteiger partial charge in [0.05, 0.1) is 25.0 Å². The molecule has 1 fully saturated rings. The largest absolute Gasteiger partial charge is 0.497 e. The minimum absolute atomic E-state index is 0.137. The smallest absolute Gasteiger partial charge is 0.277 e. The van der Waals surface area contributed by atoms with Gasteiger partial charge in [-0.1, -0.05) is 18.7 Å². The lowest BCUT2D eigenvalue weighted by Crippen LogP contribution is -2.46. The molecule has 2 aromatic rings. The maximum absolute atomic E-state index is 12.9. The van der Waals surface area contributed by atoms with Gasteiger partial charge in [-0.2, -0.15) is 0 Å². The molecule has 152 valence electrons. The Bertz CT molecular complexity index is 810. The highest BCUT2D eigenvalue weighted by Crippen LogP contribution is 2.34. The highest BCUT2D eigenvalue weighted by atomic mass is 32.2. The SMILES string of the molecule is CC[C@@H]1CCCCN1C(=O)[C@H](C)Sc1nnc(-c2ccc(OC)cc2OC)o1. The predicted molar refractivity (Wildman–Crippen MR) is 108 cm³/mol. The van der Waals surface area contributed by atoms with Crippen LogP contribution in [0.5, 0.6) is 11.5 Å². The monoisotopic (exact) mass is 405 g/mol. The summed E-state index contributed by atoms with van der Waals surface area (Å²) in [6, 6.07) is 5.72. The minimum atomic E-state index is -0.279. The zero-order chi connectivity index (χ0) is 20.1. The summed E-state index contributed by atoms with van der Waals surface area (Å²) >= 11 is 1.30. The third-order valence-corrected chi connectivity index (χ3v) is 5.97. The van der Waals surface area contributed by atoms with Crippen LogP contribution in [0.1, 0.15) is 39.5 Å². The van der Waals surface area contributed by atoms with Crippen molar-refractivity contribution in [2.24, 2.45) is 0 Å². The molecule has 1 amide bonds. The van der Waals surface area contributed by atoms with E-state index < -0.39 is 0 Å². The van der Waals surface area contributed by atoms with Crippen molar-refractivity contribution in [2.75, 3.05) is 20.8 Å². The quantitative estimate of drug-likeness (QED) is 0.644. The number of hydrogen-bond donors (Lipinski definition) is 0. The first kappa shape index (κ1) is 20.5. The first-order valence-corrected chi connectivity index (χ1v) is 10.5. The molecule has 0 unspecified atom stereocenters. The Kier molecular flexibility index (Phi) is 6.83. The molecule has 8 heteroatoms. The molecule has 2 atom stereocenters. The summed E-state index contributed by atoms with van der Waals surface area (Å²) in [7, 11) is 3.17. The lowest BCUT2D eigenvalue weighted by molar-refractivity contribution is -0.134. The first-order chi connectivity index (χ1) is 13.6. The van der Waals surface area contributed by atoms with Gasteiger partial charge >= 0.3 is 0 Å². The Hall–Kier alpha value is -2.22. The van der Waals surface area contributed by atoms with E-state index in [1.165, 1.54) is 18.2 Å². The van der Waals surface area contributed by atoms with Crippen molar-refractivity contribution in [3.05, 3.63) is 18.2 Å². The molecule has 1 aromatic heterocycles. The van der Waals surface area contributed by atoms with E-state index in [0.29, 0.717) is 34.2 Å². The zero-order valence-electron chi connectivity index (χ0n) is 16.8. The highest BCUT2D eigenvalue weighted by Gasteiger charge is 2.30. The average Bonchev–Trinajstić information content (AvgIpc) is 3.20.